The smallest absolute Gasteiger partial charge is 0 e. The Morgan fingerprint density at radius 3 is 2.17 bits per heavy atom. The van der Waals surface area contributed by atoms with Crippen LogP contribution in [0.15, 0.2) is 54.6 Å². The number of hydrogen-bond donors (Lipinski definition) is 0. The minimum absolute atomic E-state index is 0. The predicted octanol–water partition coefficient (Wildman–Crippen LogP) is 8.49. The largest absolute Gasteiger partial charge is 0.164 e. The first kappa shape index (κ1) is 26.5. The van der Waals surface area contributed by atoms with Crippen LogP contribution in [0.3, 0.4) is 0 Å². The van der Waals surface area contributed by atoms with Gasteiger partial charge in [-0.15, -0.1) is 59.3 Å². The summed E-state index contributed by atoms with van der Waals surface area (Å²) in [4.78, 5) is 0. The molecule has 0 N–H and O–H groups in total. The van der Waals surface area contributed by atoms with Gasteiger partial charge >= 0.3 is 0 Å². The summed E-state index contributed by atoms with van der Waals surface area (Å²) in [6, 6.07) is 20.6. The van der Waals surface area contributed by atoms with E-state index in [1.807, 2.05) is 0 Å². The number of benzene rings is 2. The third-order valence-electron chi connectivity index (χ3n) is 6.28. The molecule has 0 bridgehead atoms. The molecule has 3 heteroatoms. The van der Waals surface area contributed by atoms with Crippen molar-refractivity contribution >= 4 is 35.6 Å². The Kier molecular flexibility index (Phi) is 9.35. The number of halogens is 2. The molecule has 1 aliphatic rings. The second-order valence-corrected chi connectivity index (χ2v) is 9.66. The SMILES string of the molecule is CC1(Cc2cc3c(-c4ccccc4C(C)(C)C)cccc3[cH-]2)CCCC1.Cl.Cl.[Zr]. The van der Waals surface area contributed by atoms with Crippen molar-refractivity contribution in [1.82, 2.24) is 0 Å². The fourth-order valence-electron chi connectivity index (χ4n) is 4.90. The molecule has 0 heterocycles. The van der Waals surface area contributed by atoms with E-state index in [1.54, 1.807) is 0 Å². The topological polar surface area (TPSA) is 0 Å². The summed E-state index contributed by atoms with van der Waals surface area (Å²) in [5, 5.41) is 2.81. The van der Waals surface area contributed by atoms with E-state index in [4.69, 9.17) is 0 Å². The van der Waals surface area contributed by atoms with Crippen LogP contribution in [0.5, 0.6) is 0 Å². The molecule has 3 aromatic carbocycles. The van der Waals surface area contributed by atoms with Gasteiger partial charge in [0.25, 0.3) is 0 Å². The van der Waals surface area contributed by atoms with Crippen molar-refractivity contribution in [3.63, 3.8) is 0 Å². The number of rotatable bonds is 3. The average molecular weight is 508 g/mol. The van der Waals surface area contributed by atoms with Gasteiger partial charge in [-0.3, -0.25) is 0 Å². The maximum Gasteiger partial charge on any atom is 0 e. The molecule has 0 nitrogen and oxygen atoms in total. The van der Waals surface area contributed by atoms with Crippen LogP contribution in [0.4, 0.5) is 0 Å². The molecule has 0 radical (unpaired) electrons. The van der Waals surface area contributed by atoms with Crippen LogP contribution in [0.2, 0.25) is 0 Å². The normalized spacial score (nSPS) is 15.3. The Morgan fingerprint density at radius 2 is 1.52 bits per heavy atom. The Labute approximate surface area is 208 Å². The number of fused-ring (bicyclic) bond motifs is 1. The van der Waals surface area contributed by atoms with Crippen LogP contribution >= 0.6 is 24.8 Å². The van der Waals surface area contributed by atoms with Gasteiger partial charge in [0, 0.05) is 26.2 Å². The summed E-state index contributed by atoms with van der Waals surface area (Å²) < 4.78 is 0. The standard InChI is InChI=1S/C26H31.2ClH.Zr/c1-25(2,3)24-13-6-5-11-22(24)21-12-9-10-20-16-19(17-23(20)21)18-26(4)14-7-8-15-26;;;/h5-6,9-13,16-17H,7-8,14-15,18H2,1-4H3;2*1H;/q-1;;;. The van der Waals surface area contributed by atoms with Crippen molar-refractivity contribution in [2.24, 2.45) is 5.41 Å². The molecule has 0 atom stereocenters. The fourth-order valence-corrected chi connectivity index (χ4v) is 4.90. The first-order chi connectivity index (χ1) is 12.4. The van der Waals surface area contributed by atoms with Crippen LogP contribution in [-0.2, 0) is 38.0 Å². The molecule has 3 aromatic rings. The van der Waals surface area contributed by atoms with Crippen molar-refractivity contribution < 1.29 is 26.2 Å². The van der Waals surface area contributed by atoms with Crippen LogP contribution in [0, 0.1) is 5.41 Å². The van der Waals surface area contributed by atoms with E-state index >= 15 is 0 Å². The summed E-state index contributed by atoms with van der Waals surface area (Å²) >= 11 is 0. The molecule has 0 aromatic heterocycles. The monoisotopic (exact) mass is 505 g/mol. The van der Waals surface area contributed by atoms with E-state index in [-0.39, 0.29) is 56.4 Å². The Balaban J connectivity index is 0.00000140. The molecule has 4 rings (SSSR count). The quantitative estimate of drug-likeness (QED) is 0.312. The van der Waals surface area contributed by atoms with Crippen molar-refractivity contribution in [3.8, 4) is 11.1 Å². The first-order valence-electron chi connectivity index (χ1n) is 10.1. The van der Waals surface area contributed by atoms with Gasteiger partial charge < -0.3 is 0 Å². The summed E-state index contributed by atoms with van der Waals surface area (Å²) in [5.74, 6) is 0. The van der Waals surface area contributed by atoms with Gasteiger partial charge in [0.1, 0.15) is 0 Å². The van der Waals surface area contributed by atoms with Crippen molar-refractivity contribution in [2.45, 2.75) is 65.2 Å². The molecule has 0 saturated heterocycles. The molecular formula is C26H33Cl2Zr-. The second-order valence-electron chi connectivity index (χ2n) is 9.66. The van der Waals surface area contributed by atoms with Crippen molar-refractivity contribution in [2.75, 3.05) is 0 Å². The van der Waals surface area contributed by atoms with Gasteiger partial charge in [-0.25, -0.2) is 0 Å². The van der Waals surface area contributed by atoms with E-state index in [0.29, 0.717) is 5.41 Å². The van der Waals surface area contributed by atoms with Crippen molar-refractivity contribution in [1.29, 1.82) is 0 Å². The van der Waals surface area contributed by atoms with E-state index < -0.39 is 0 Å². The van der Waals surface area contributed by atoms with Gasteiger partial charge in [-0.2, -0.15) is 6.07 Å². The molecule has 29 heavy (non-hydrogen) atoms. The zero-order valence-corrected chi connectivity index (χ0v) is 22.1. The minimum Gasteiger partial charge on any atom is -0.164 e. The molecule has 0 aliphatic heterocycles. The Hall–Kier alpha value is -0.487. The van der Waals surface area contributed by atoms with Crippen LogP contribution < -0.4 is 0 Å². The van der Waals surface area contributed by atoms with Gasteiger partial charge in [0.2, 0.25) is 0 Å². The molecule has 1 fully saturated rings. The van der Waals surface area contributed by atoms with Crippen LogP contribution in [-0.4, -0.2) is 0 Å². The summed E-state index contributed by atoms with van der Waals surface area (Å²) in [6.07, 6.45) is 6.80. The minimum atomic E-state index is 0. The van der Waals surface area contributed by atoms with E-state index in [1.165, 1.54) is 65.1 Å². The molecule has 0 amide bonds. The van der Waals surface area contributed by atoms with E-state index in [0.717, 1.165) is 0 Å². The number of hydrogen-bond acceptors (Lipinski definition) is 0. The van der Waals surface area contributed by atoms with E-state index in [2.05, 4.69) is 82.3 Å². The van der Waals surface area contributed by atoms with Gasteiger partial charge in [-0.1, -0.05) is 76.4 Å². The third-order valence-corrected chi connectivity index (χ3v) is 6.28. The van der Waals surface area contributed by atoms with Crippen LogP contribution in [0.25, 0.3) is 21.9 Å². The molecular weight excluding hydrogens is 474 g/mol. The summed E-state index contributed by atoms with van der Waals surface area (Å²) in [6.45, 7) is 9.41. The second kappa shape index (κ2) is 10.2. The van der Waals surface area contributed by atoms with Gasteiger partial charge in [0.05, 0.1) is 0 Å². The maximum atomic E-state index is 2.48. The van der Waals surface area contributed by atoms with Crippen LogP contribution in [0.1, 0.15) is 64.5 Å². The average Bonchev–Trinajstić information content (AvgIpc) is 3.19. The summed E-state index contributed by atoms with van der Waals surface area (Å²) in [7, 11) is 0. The molecule has 156 valence electrons. The first-order valence-corrected chi connectivity index (χ1v) is 10.1. The van der Waals surface area contributed by atoms with E-state index in [9.17, 15) is 0 Å². The zero-order chi connectivity index (χ0) is 18.4. The summed E-state index contributed by atoms with van der Waals surface area (Å²) in [5.41, 5.74) is 6.37. The molecule has 1 saturated carbocycles. The Morgan fingerprint density at radius 1 is 0.897 bits per heavy atom. The van der Waals surface area contributed by atoms with Gasteiger partial charge in [0.15, 0.2) is 0 Å². The zero-order valence-electron chi connectivity index (χ0n) is 18.0. The predicted molar refractivity (Wildman–Crippen MR) is 128 cm³/mol. The fraction of sp³-hybridized carbons (Fsp3) is 0.423. The Bertz CT molecular complexity index is 927. The molecule has 0 spiro atoms. The molecule has 0 unspecified atom stereocenters. The van der Waals surface area contributed by atoms with Crippen molar-refractivity contribution in [3.05, 3.63) is 65.7 Å². The third kappa shape index (κ3) is 5.61. The maximum absolute atomic E-state index is 2.48. The molecule has 1 aliphatic carbocycles. The van der Waals surface area contributed by atoms with Gasteiger partial charge in [-0.05, 0) is 41.2 Å².